The van der Waals surface area contributed by atoms with Gasteiger partial charge in [0.15, 0.2) is 0 Å². The summed E-state index contributed by atoms with van der Waals surface area (Å²) in [7, 11) is -2.47. The van der Waals surface area contributed by atoms with Gasteiger partial charge in [-0.2, -0.15) is 0 Å². The second kappa shape index (κ2) is 15.2. The van der Waals surface area contributed by atoms with Crippen LogP contribution in [-0.4, -0.2) is 15.8 Å². The van der Waals surface area contributed by atoms with Crippen molar-refractivity contribution < 1.29 is 0 Å². The summed E-state index contributed by atoms with van der Waals surface area (Å²) < 4.78 is 0. The van der Waals surface area contributed by atoms with Crippen LogP contribution in [0, 0.1) is 0 Å². The third kappa shape index (κ3) is 6.17. The topological polar surface area (TPSA) is 0 Å². The number of hydrogen-bond donors (Lipinski definition) is 0. The first-order valence-corrected chi connectivity index (χ1v) is 20.7. The molecule has 0 spiro atoms. The molecule has 0 unspecified atom stereocenters. The first-order chi connectivity index (χ1) is 20.5. The molecule has 0 aromatic heterocycles. The maximum absolute atomic E-state index is 2.46. The summed E-state index contributed by atoms with van der Waals surface area (Å²) in [5, 5.41) is 6.94. The second-order valence-electron chi connectivity index (χ2n) is 11.4. The lowest BCUT2D eigenvalue weighted by molar-refractivity contribution is 1.10. The Balaban J connectivity index is 2.48. The Morgan fingerprint density at radius 3 is 0.548 bits per heavy atom. The summed E-state index contributed by atoms with van der Waals surface area (Å²) in [5.41, 5.74) is 12.7. The van der Waals surface area contributed by atoms with E-state index in [4.69, 9.17) is 0 Å². The summed E-state index contributed by atoms with van der Waals surface area (Å²) in [6.07, 6.45) is 8.73. The molecule has 0 amide bonds. The zero-order chi connectivity index (χ0) is 30.2. The van der Waals surface area contributed by atoms with E-state index in [2.05, 4.69) is 128 Å². The molecule has 0 saturated carbocycles. The Labute approximate surface area is 259 Å². The quantitative estimate of drug-likeness (QED) is 0.154. The van der Waals surface area contributed by atoms with Crippen molar-refractivity contribution in [3.05, 3.63) is 117 Å². The van der Waals surface area contributed by atoms with Crippen LogP contribution in [0.1, 0.15) is 99.9 Å². The number of benzene rings is 4. The molecule has 0 saturated heterocycles. The summed E-state index contributed by atoms with van der Waals surface area (Å²) in [5.74, 6) is 0. The molecule has 4 aromatic carbocycles. The van der Waals surface area contributed by atoms with Crippen LogP contribution in [0.2, 0.25) is 0 Å². The van der Waals surface area contributed by atoms with Crippen LogP contribution in [0.15, 0.2) is 72.8 Å². The van der Waals surface area contributed by atoms with E-state index in [9.17, 15) is 0 Å². The molecule has 4 aromatic rings. The molecule has 0 fully saturated rings. The van der Waals surface area contributed by atoms with Crippen LogP contribution in [-0.2, 0) is 51.4 Å². The van der Waals surface area contributed by atoms with Crippen molar-refractivity contribution in [1.29, 1.82) is 0 Å². The fraction of sp³-hybridized carbons (Fsp3) is 0.400. The van der Waals surface area contributed by atoms with Crippen molar-refractivity contribution in [3.63, 3.8) is 0 Å². The Morgan fingerprint density at radius 2 is 0.429 bits per heavy atom. The minimum Gasteiger partial charge on any atom is -0.0617 e. The zero-order valence-electron chi connectivity index (χ0n) is 27.6. The highest BCUT2D eigenvalue weighted by atomic mass is 28.9. The van der Waals surface area contributed by atoms with Gasteiger partial charge in [-0.05, 0) is 117 Å². The van der Waals surface area contributed by atoms with Crippen LogP contribution in [0.4, 0.5) is 0 Å². The minimum atomic E-state index is -1.24. The van der Waals surface area contributed by atoms with Gasteiger partial charge in [0, 0.05) is 0 Å². The monoisotopic (exact) mass is 588 g/mol. The lowest BCUT2D eigenvalue weighted by Gasteiger charge is -2.29. The van der Waals surface area contributed by atoms with Crippen molar-refractivity contribution in [2.75, 3.05) is 0 Å². The summed E-state index contributed by atoms with van der Waals surface area (Å²) in [6.45, 7) is 19.0. The molecular formula is C40H52Si2. The summed E-state index contributed by atoms with van der Waals surface area (Å²) in [6, 6.07) is 29.0. The molecule has 0 aliphatic carbocycles. The predicted octanol–water partition coefficient (Wildman–Crippen LogP) is 7.18. The van der Waals surface area contributed by atoms with Crippen LogP contribution in [0.5, 0.6) is 0 Å². The van der Waals surface area contributed by atoms with Gasteiger partial charge in [0.05, 0.1) is 15.8 Å². The van der Waals surface area contributed by atoms with E-state index >= 15 is 0 Å². The zero-order valence-corrected chi connectivity index (χ0v) is 29.6. The maximum Gasteiger partial charge on any atom is 0.0701 e. The molecule has 0 atom stereocenters. The molecule has 220 valence electrons. The molecule has 2 heteroatoms. The largest absolute Gasteiger partial charge is 0.0701 e. The van der Waals surface area contributed by atoms with Crippen molar-refractivity contribution in [2.24, 2.45) is 0 Å². The summed E-state index contributed by atoms with van der Waals surface area (Å²) in [4.78, 5) is 0. The molecule has 0 bridgehead atoms. The van der Waals surface area contributed by atoms with Crippen molar-refractivity contribution in [2.45, 2.75) is 107 Å². The number of aryl methyl sites for hydroxylation is 8. The molecule has 0 radical (unpaired) electrons. The van der Waals surface area contributed by atoms with Gasteiger partial charge in [0.1, 0.15) is 0 Å². The van der Waals surface area contributed by atoms with Crippen molar-refractivity contribution >= 4 is 36.5 Å². The van der Waals surface area contributed by atoms with Gasteiger partial charge in [-0.3, -0.25) is 0 Å². The van der Waals surface area contributed by atoms with Gasteiger partial charge in [-0.15, -0.1) is 0 Å². The first kappa shape index (κ1) is 32.2. The van der Waals surface area contributed by atoms with Crippen LogP contribution < -0.4 is 20.7 Å². The summed E-state index contributed by atoms with van der Waals surface area (Å²) >= 11 is 0. The minimum absolute atomic E-state index is 1.09. The average Bonchev–Trinajstić information content (AvgIpc) is 3.05. The number of rotatable bonds is 12. The van der Waals surface area contributed by atoms with Gasteiger partial charge in [-0.1, -0.05) is 128 Å². The van der Waals surface area contributed by atoms with Gasteiger partial charge in [0.25, 0.3) is 0 Å². The lowest BCUT2D eigenvalue weighted by atomic mass is 10.1. The van der Waals surface area contributed by atoms with E-state index in [1.54, 1.807) is 65.3 Å². The van der Waals surface area contributed by atoms with Crippen LogP contribution in [0.3, 0.4) is 0 Å². The fourth-order valence-electron chi connectivity index (χ4n) is 7.00. The molecular weight excluding hydrogens is 537 g/mol. The maximum atomic E-state index is 2.46. The van der Waals surface area contributed by atoms with Crippen molar-refractivity contribution in [1.82, 2.24) is 0 Å². The van der Waals surface area contributed by atoms with E-state index < -0.39 is 15.8 Å². The van der Waals surface area contributed by atoms with E-state index in [-0.39, 0.29) is 0 Å². The Bertz CT molecular complexity index is 1240. The van der Waals surface area contributed by atoms with E-state index in [1.807, 2.05) is 0 Å². The molecule has 4 rings (SSSR count). The molecule has 0 aliphatic rings. The first-order valence-electron chi connectivity index (χ1n) is 16.7. The van der Waals surface area contributed by atoms with E-state index in [0.717, 1.165) is 51.4 Å². The van der Waals surface area contributed by atoms with Gasteiger partial charge in [0.2, 0.25) is 0 Å². The second-order valence-corrected chi connectivity index (χ2v) is 17.9. The van der Waals surface area contributed by atoms with E-state index in [0.29, 0.717) is 0 Å². The molecule has 0 heterocycles. The van der Waals surface area contributed by atoms with Crippen LogP contribution >= 0.6 is 0 Å². The van der Waals surface area contributed by atoms with Crippen LogP contribution in [0.25, 0.3) is 0 Å². The van der Waals surface area contributed by atoms with Gasteiger partial charge < -0.3 is 0 Å². The smallest absolute Gasteiger partial charge is 0.0617 e. The Morgan fingerprint density at radius 1 is 0.286 bits per heavy atom. The standard InChI is InChI=1S/C40H52Si2/c1-9-29-21-17-22-30(10-2)37(29)41(38-31(11-3)23-18-24-32(38)12-4)42(39-33(13-5)25-19-26-34(39)14-6)40-35(15-7)27-20-28-36(40)16-8/h17-28H,9-16H2,1-8H3. The third-order valence-corrected chi connectivity index (χ3v) is 18.8. The molecule has 0 aliphatic heterocycles. The fourth-order valence-corrected chi connectivity index (χ4v) is 20.0. The Hall–Kier alpha value is -2.69. The highest BCUT2D eigenvalue weighted by Crippen LogP contribution is 2.15. The van der Waals surface area contributed by atoms with E-state index in [1.165, 1.54) is 0 Å². The average molecular weight is 589 g/mol. The third-order valence-electron chi connectivity index (χ3n) is 9.25. The van der Waals surface area contributed by atoms with Gasteiger partial charge in [-0.25, -0.2) is 0 Å². The molecule has 0 nitrogen and oxygen atoms in total. The number of hydrogen-bond acceptors (Lipinski definition) is 0. The van der Waals surface area contributed by atoms with Crippen molar-refractivity contribution in [3.8, 4) is 0 Å². The Kier molecular flexibility index (Phi) is 11.6. The normalized spacial score (nSPS) is 11.1. The predicted molar refractivity (Wildman–Crippen MR) is 191 cm³/mol. The molecule has 0 N–H and O–H groups in total. The highest BCUT2D eigenvalue weighted by molar-refractivity contribution is 7.20. The lowest BCUT2D eigenvalue weighted by Crippen LogP contribution is -2.57. The van der Waals surface area contributed by atoms with Gasteiger partial charge >= 0.3 is 0 Å². The highest BCUT2D eigenvalue weighted by Gasteiger charge is 2.29. The SMILES string of the molecule is CCc1cccc(CC)c1[Si](c1c(CC)cccc1CC)=[Si](c1c(CC)cccc1CC)c1c(CC)cccc1CC. The molecule has 42 heavy (non-hydrogen) atoms.